The van der Waals surface area contributed by atoms with Crippen LogP contribution in [-0.2, 0) is 4.79 Å². The average Bonchev–Trinajstić information content (AvgIpc) is 2.99. The fourth-order valence-electron chi connectivity index (χ4n) is 3.43. The topological polar surface area (TPSA) is 35.9 Å². The number of halogens is 1. The first-order valence-electron chi connectivity index (χ1n) is 10.2. The van der Waals surface area contributed by atoms with Crippen molar-refractivity contribution in [1.29, 1.82) is 0 Å². The van der Waals surface area contributed by atoms with Gasteiger partial charge in [0.15, 0.2) is 0 Å². The molecule has 1 aliphatic heterocycles. The number of rotatable bonds is 7. The Hall–Kier alpha value is -2.59. The van der Waals surface area contributed by atoms with Gasteiger partial charge in [0.1, 0.15) is 0 Å². The summed E-state index contributed by atoms with van der Waals surface area (Å²) in [5, 5.41) is 6.49. The summed E-state index contributed by atoms with van der Waals surface area (Å²) in [6.45, 7) is 10.3. The van der Waals surface area contributed by atoms with E-state index in [2.05, 4.69) is 48.1 Å². The maximum absolute atomic E-state index is 13.0. The molecule has 4 nitrogen and oxygen atoms in total. The minimum atomic E-state index is -0.134. The van der Waals surface area contributed by atoms with Crippen molar-refractivity contribution < 1.29 is 4.79 Å². The number of amides is 1. The third-order valence-electron chi connectivity index (χ3n) is 5.02. The number of benzene rings is 2. The molecular formula is C24H28ClN3O. The molecule has 152 valence electrons. The number of hydrazone groups is 1. The van der Waals surface area contributed by atoms with Crippen molar-refractivity contribution >= 4 is 40.7 Å². The number of carbonyl (C=O) groups excluding carboxylic acids is 1. The molecule has 0 atom stereocenters. The number of hydrogen-bond acceptors (Lipinski definition) is 3. The van der Waals surface area contributed by atoms with Crippen LogP contribution in [0.1, 0.15) is 44.7 Å². The second kappa shape index (κ2) is 9.27. The van der Waals surface area contributed by atoms with Crippen LogP contribution < -0.4 is 9.91 Å². The summed E-state index contributed by atoms with van der Waals surface area (Å²) in [4.78, 5) is 15.4. The SMILES string of the molecule is CCCN(CCC)c1ccc(/C=C2\C(=O)N(c3ccc(C)c(Cl)c3)N=C2C)cc1. The van der Waals surface area contributed by atoms with E-state index in [1.165, 1.54) is 10.7 Å². The predicted molar refractivity (Wildman–Crippen MR) is 124 cm³/mol. The summed E-state index contributed by atoms with van der Waals surface area (Å²) >= 11 is 6.22. The summed E-state index contributed by atoms with van der Waals surface area (Å²) in [5.74, 6) is -0.134. The molecule has 1 heterocycles. The average molecular weight is 410 g/mol. The van der Waals surface area contributed by atoms with Crippen molar-refractivity contribution in [3.8, 4) is 0 Å². The zero-order valence-corrected chi connectivity index (χ0v) is 18.3. The Morgan fingerprint density at radius 2 is 1.69 bits per heavy atom. The number of carbonyl (C=O) groups is 1. The second-order valence-corrected chi connectivity index (χ2v) is 7.78. The largest absolute Gasteiger partial charge is 0.372 e. The van der Waals surface area contributed by atoms with Crippen LogP contribution in [0.5, 0.6) is 0 Å². The minimum Gasteiger partial charge on any atom is -0.372 e. The fraction of sp³-hybridized carbons (Fsp3) is 0.333. The molecule has 2 aromatic carbocycles. The molecule has 2 aromatic rings. The van der Waals surface area contributed by atoms with Gasteiger partial charge in [0.2, 0.25) is 0 Å². The van der Waals surface area contributed by atoms with Crippen molar-refractivity contribution in [2.75, 3.05) is 23.0 Å². The molecule has 0 fully saturated rings. The Labute approximate surface area is 178 Å². The molecule has 0 N–H and O–H groups in total. The molecule has 5 heteroatoms. The van der Waals surface area contributed by atoms with E-state index in [0.717, 1.165) is 37.1 Å². The Bertz CT molecular complexity index is 941. The van der Waals surface area contributed by atoms with E-state index in [4.69, 9.17) is 11.6 Å². The molecular weight excluding hydrogens is 382 g/mol. The van der Waals surface area contributed by atoms with E-state index in [1.807, 2.05) is 32.1 Å². The predicted octanol–water partition coefficient (Wildman–Crippen LogP) is 6.08. The van der Waals surface area contributed by atoms with Crippen LogP contribution in [0, 0.1) is 6.92 Å². The summed E-state index contributed by atoms with van der Waals surface area (Å²) in [6, 6.07) is 13.9. The molecule has 0 unspecified atom stereocenters. The van der Waals surface area contributed by atoms with Crippen LogP contribution in [0.2, 0.25) is 5.02 Å². The smallest absolute Gasteiger partial charge is 0.280 e. The van der Waals surface area contributed by atoms with Gasteiger partial charge in [-0.05, 0) is 68.2 Å². The van der Waals surface area contributed by atoms with Crippen LogP contribution in [0.3, 0.4) is 0 Å². The van der Waals surface area contributed by atoms with Gasteiger partial charge in [-0.3, -0.25) is 4.79 Å². The normalized spacial score (nSPS) is 15.2. The van der Waals surface area contributed by atoms with Gasteiger partial charge in [0.25, 0.3) is 5.91 Å². The number of nitrogens with zero attached hydrogens (tertiary/aromatic N) is 3. The third-order valence-corrected chi connectivity index (χ3v) is 5.43. The van der Waals surface area contributed by atoms with Crippen LogP contribution >= 0.6 is 11.6 Å². The van der Waals surface area contributed by atoms with E-state index in [1.54, 1.807) is 6.07 Å². The van der Waals surface area contributed by atoms with Crippen molar-refractivity contribution in [3.05, 3.63) is 64.2 Å². The Morgan fingerprint density at radius 1 is 1.03 bits per heavy atom. The van der Waals surface area contributed by atoms with Gasteiger partial charge in [-0.1, -0.05) is 43.6 Å². The first-order valence-corrected chi connectivity index (χ1v) is 10.5. The number of aryl methyl sites for hydroxylation is 1. The number of anilines is 2. The molecule has 29 heavy (non-hydrogen) atoms. The monoisotopic (exact) mass is 409 g/mol. The molecule has 0 saturated carbocycles. The molecule has 0 aromatic heterocycles. The highest BCUT2D eigenvalue weighted by molar-refractivity contribution is 6.33. The van der Waals surface area contributed by atoms with Crippen molar-refractivity contribution in [2.24, 2.45) is 5.10 Å². The van der Waals surface area contributed by atoms with Crippen LogP contribution in [0.4, 0.5) is 11.4 Å². The van der Waals surface area contributed by atoms with Gasteiger partial charge in [0, 0.05) is 23.8 Å². The molecule has 1 amide bonds. The third kappa shape index (κ3) is 4.70. The first kappa shape index (κ1) is 21.1. The minimum absolute atomic E-state index is 0.134. The Morgan fingerprint density at radius 3 is 2.28 bits per heavy atom. The summed E-state index contributed by atoms with van der Waals surface area (Å²) < 4.78 is 0. The molecule has 0 radical (unpaired) electrons. The number of hydrogen-bond donors (Lipinski definition) is 0. The van der Waals surface area contributed by atoms with Crippen molar-refractivity contribution in [2.45, 2.75) is 40.5 Å². The van der Waals surface area contributed by atoms with Crippen molar-refractivity contribution in [1.82, 2.24) is 0 Å². The van der Waals surface area contributed by atoms with Gasteiger partial charge in [0.05, 0.1) is 17.0 Å². The van der Waals surface area contributed by atoms with E-state index in [0.29, 0.717) is 22.0 Å². The maximum Gasteiger partial charge on any atom is 0.280 e. The quantitative estimate of drug-likeness (QED) is 0.519. The van der Waals surface area contributed by atoms with Crippen molar-refractivity contribution in [3.63, 3.8) is 0 Å². The highest BCUT2D eigenvalue weighted by Crippen LogP contribution is 2.29. The van der Waals surface area contributed by atoms with Gasteiger partial charge in [-0.15, -0.1) is 0 Å². The van der Waals surface area contributed by atoms with E-state index in [9.17, 15) is 4.79 Å². The molecule has 3 rings (SSSR count). The maximum atomic E-state index is 13.0. The molecule has 1 aliphatic rings. The lowest BCUT2D eigenvalue weighted by atomic mass is 10.1. The zero-order valence-electron chi connectivity index (χ0n) is 17.6. The van der Waals surface area contributed by atoms with E-state index in [-0.39, 0.29) is 5.91 Å². The van der Waals surface area contributed by atoms with Gasteiger partial charge in [-0.2, -0.15) is 10.1 Å². The lowest BCUT2D eigenvalue weighted by molar-refractivity contribution is -0.114. The Balaban J connectivity index is 1.82. The first-order chi connectivity index (χ1) is 13.9. The summed E-state index contributed by atoms with van der Waals surface area (Å²) in [7, 11) is 0. The molecule has 0 bridgehead atoms. The molecule has 0 aliphatic carbocycles. The van der Waals surface area contributed by atoms with Crippen LogP contribution in [-0.4, -0.2) is 24.7 Å². The zero-order chi connectivity index (χ0) is 21.0. The van der Waals surface area contributed by atoms with E-state index >= 15 is 0 Å². The molecule has 0 spiro atoms. The lowest BCUT2D eigenvalue weighted by Crippen LogP contribution is -2.24. The fourth-order valence-corrected chi connectivity index (χ4v) is 3.61. The van der Waals surface area contributed by atoms with Crippen LogP contribution in [0.15, 0.2) is 53.1 Å². The highest BCUT2D eigenvalue weighted by Gasteiger charge is 2.28. The van der Waals surface area contributed by atoms with Gasteiger partial charge in [-0.25, -0.2) is 0 Å². The summed E-state index contributed by atoms with van der Waals surface area (Å²) in [6.07, 6.45) is 4.15. The van der Waals surface area contributed by atoms with E-state index < -0.39 is 0 Å². The Kier molecular flexibility index (Phi) is 6.75. The summed E-state index contributed by atoms with van der Waals surface area (Å²) in [5.41, 5.74) is 5.17. The van der Waals surface area contributed by atoms with Gasteiger partial charge >= 0.3 is 0 Å². The standard InChI is InChI=1S/C24H28ClN3O/c1-5-13-27(14-6-2)20-11-8-19(9-12-20)15-22-18(4)26-28(24(22)29)21-10-7-17(3)23(25)16-21/h7-12,15-16H,5-6,13-14H2,1-4H3/b22-15-. The lowest BCUT2D eigenvalue weighted by Gasteiger charge is -2.23. The van der Waals surface area contributed by atoms with Gasteiger partial charge < -0.3 is 4.90 Å². The van der Waals surface area contributed by atoms with Crippen LogP contribution in [0.25, 0.3) is 6.08 Å². The second-order valence-electron chi connectivity index (χ2n) is 7.37. The highest BCUT2D eigenvalue weighted by atomic mass is 35.5. The molecule has 0 saturated heterocycles.